The average Bonchev–Trinajstić information content (AvgIpc) is 3.07. The van der Waals surface area contributed by atoms with Crippen LogP contribution in [0.2, 0.25) is 0 Å². The van der Waals surface area contributed by atoms with Gasteiger partial charge in [-0.2, -0.15) is 0 Å². The van der Waals surface area contributed by atoms with Crippen LogP contribution in [-0.2, 0) is 32.9 Å². The molecule has 0 atom stereocenters. The third-order valence-electron chi connectivity index (χ3n) is 6.79. The van der Waals surface area contributed by atoms with Gasteiger partial charge in [0.15, 0.2) is 0 Å². The van der Waals surface area contributed by atoms with E-state index in [1.165, 1.54) is 0 Å². The number of sulfonamides is 2. The van der Waals surface area contributed by atoms with Gasteiger partial charge in [-0.3, -0.25) is 9.44 Å². The number of halogens is 1. The molecule has 0 radical (unpaired) electrons. The summed E-state index contributed by atoms with van der Waals surface area (Å²) in [6, 6.07) is 39.1. The lowest BCUT2D eigenvalue weighted by Crippen LogP contribution is -2.22. The minimum Gasteiger partial charge on any atom is -0.397 e. The van der Waals surface area contributed by atoms with E-state index in [0.29, 0.717) is 41.3 Å². The molecule has 0 spiro atoms. The molecule has 2 amide bonds. The van der Waals surface area contributed by atoms with Crippen molar-refractivity contribution in [1.82, 2.24) is 0 Å². The molecule has 0 aliphatic heterocycles. The van der Waals surface area contributed by atoms with Gasteiger partial charge in [0, 0.05) is 4.47 Å². The summed E-state index contributed by atoms with van der Waals surface area (Å²) < 4.78 is 54.7. The Hall–Kier alpha value is -4.85. The number of carbonyl (C=O) groups excluding carboxylic acids is 1. The highest BCUT2D eigenvalue weighted by Gasteiger charge is 2.15. The second-order valence-corrected chi connectivity index (χ2v) is 15.0. The molecule has 0 fully saturated rings. The van der Waals surface area contributed by atoms with E-state index in [2.05, 4.69) is 36.0 Å². The smallest absolute Gasteiger partial charge is 0.323 e. The van der Waals surface area contributed by atoms with Gasteiger partial charge in [-0.1, -0.05) is 97.1 Å². The predicted molar refractivity (Wildman–Crippen MR) is 199 cm³/mol. The highest BCUT2D eigenvalue weighted by atomic mass is 79.9. The molecular formula is C35H36BrN5O5S2. The Kier molecular flexibility index (Phi) is 13.0. The Bertz CT molecular complexity index is 2010. The zero-order valence-corrected chi connectivity index (χ0v) is 29.1. The number of rotatable bonds is 12. The Morgan fingerprint density at radius 3 is 1.44 bits per heavy atom. The molecule has 48 heavy (non-hydrogen) atoms. The number of hydrogen-bond acceptors (Lipinski definition) is 6. The number of nitrogens with two attached hydrogens (primary N) is 1. The Morgan fingerprint density at radius 2 is 0.917 bits per heavy atom. The normalized spacial score (nSPS) is 11.0. The van der Waals surface area contributed by atoms with Crippen molar-refractivity contribution < 1.29 is 21.6 Å². The summed E-state index contributed by atoms with van der Waals surface area (Å²) >= 11 is 3.37. The molecule has 10 nitrogen and oxygen atoms in total. The number of benzene rings is 5. The first kappa shape index (κ1) is 36.0. The largest absolute Gasteiger partial charge is 0.397 e. The van der Waals surface area contributed by atoms with Gasteiger partial charge in [0.1, 0.15) is 0 Å². The van der Waals surface area contributed by atoms with E-state index in [1.807, 2.05) is 72.8 Å². The molecule has 5 aromatic rings. The van der Waals surface area contributed by atoms with Crippen LogP contribution in [0.15, 0.2) is 138 Å². The lowest BCUT2D eigenvalue weighted by atomic mass is 10.2. The first-order valence-corrected chi connectivity index (χ1v) is 18.9. The Morgan fingerprint density at radius 1 is 0.521 bits per heavy atom. The van der Waals surface area contributed by atoms with Crippen LogP contribution in [0.3, 0.4) is 0 Å². The highest BCUT2D eigenvalue weighted by Crippen LogP contribution is 2.25. The van der Waals surface area contributed by atoms with Gasteiger partial charge < -0.3 is 16.4 Å². The van der Waals surface area contributed by atoms with Crippen molar-refractivity contribution >= 4 is 70.4 Å². The van der Waals surface area contributed by atoms with E-state index in [9.17, 15) is 21.6 Å². The topological polar surface area (TPSA) is 159 Å². The first-order valence-electron chi connectivity index (χ1n) is 14.8. The summed E-state index contributed by atoms with van der Waals surface area (Å²) in [6.07, 6.45) is 0.872. The van der Waals surface area contributed by atoms with E-state index >= 15 is 0 Å². The summed E-state index contributed by atoms with van der Waals surface area (Å²) in [5, 5.41) is 5.41. The van der Waals surface area contributed by atoms with Crippen molar-refractivity contribution in [3.63, 3.8) is 0 Å². The summed E-state index contributed by atoms with van der Waals surface area (Å²) in [4.78, 5) is 12.3. The zero-order chi connectivity index (χ0) is 34.4. The van der Waals surface area contributed by atoms with Crippen LogP contribution in [0.5, 0.6) is 0 Å². The van der Waals surface area contributed by atoms with Crippen LogP contribution in [0, 0.1) is 0 Å². The molecule has 0 saturated carbocycles. The van der Waals surface area contributed by atoms with Gasteiger partial charge in [0.05, 0.1) is 39.9 Å². The standard InChI is InChI=1S/C21H20BrN3O3S.C14H16N2O2S/c22-17-10-4-5-11-18(17)23-21(26)24-19-12-6-7-13-20(19)25-29(27,28)15-14-16-8-2-1-3-9-16;15-13-8-4-5-9-14(13)16-19(17,18)11-10-12-6-2-1-3-7-12/h1-13,25H,14-15H2,(H2,23,24,26);1-9,16H,10-11,15H2. The molecule has 6 N–H and O–H groups in total. The molecule has 5 aromatic carbocycles. The van der Waals surface area contributed by atoms with Gasteiger partial charge in [0.2, 0.25) is 20.0 Å². The molecule has 0 aliphatic rings. The number of amides is 2. The van der Waals surface area contributed by atoms with Crippen LogP contribution in [0.1, 0.15) is 11.1 Å². The van der Waals surface area contributed by atoms with Gasteiger partial charge in [-0.25, -0.2) is 21.6 Å². The van der Waals surface area contributed by atoms with Crippen molar-refractivity contribution in [2.75, 3.05) is 37.3 Å². The SMILES string of the molecule is Nc1ccccc1NS(=O)(=O)CCc1ccccc1.O=C(Nc1ccccc1Br)Nc1ccccc1NS(=O)(=O)CCc1ccccc1. The maximum Gasteiger partial charge on any atom is 0.323 e. The maximum atomic E-state index is 12.5. The number of urea groups is 1. The highest BCUT2D eigenvalue weighted by molar-refractivity contribution is 9.10. The van der Waals surface area contributed by atoms with Crippen molar-refractivity contribution in [2.45, 2.75) is 12.8 Å². The van der Waals surface area contributed by atoms with Gasteiger partial charge in [-0.15, -0.1) is 0 Å². The van der Waals surface area contributed by atoms with Gasteiger partial charge in [0.25, 0.3) is 0 Å². The molecule has 13 heteroatoms. The molecule has 0 aliphatic carbocycles. The molecule has 0 saturated heterocycles. The lowest BCUT2D eigenvalue weighted by Gasteiger charge is -2.14. The third kappa shape index (κ3) is 12.1. The maximum absolute atomic E-state index is 12.5. The second kappa shape index (κ2) is 17.3. The fraction of sp³-hybridized carbons (Fsp3) is 0.114. The second-order valence-electron chi connectivity index (χ2n) is 10.5. The van der Waals surface area contributed by atoms with Crippen molar-refractivity contribution in [1.29, 1.82) is 0 Å². The molecule has 0 aromatic heterocycles. The van der Waals surface area contributed by atoms with Crippen molar-refractivity contribution in [3.05, 3.63) is 149 Å². The van der Waals surface area contributed by atoms with Crippen LogP contribution >= 0.6 is 15.9 Å². The summed E-state index contributed by atoms with van der Waals surface area (Å²) in [6.45, 7) is 0. The van der Waals surface area contributed by atoms with Gasteiger partial charge in [-0.05, 0) is 76.3 Å². The fourth-order valence-corrected chi connectivity index (χ4v) is 6.97. The van der Waals surface area contributed by atoms with Crippen molar-refractivity contribution in [2.24, 2.45) is 0 Å². The molecule has 0 bridgehead atoms. The molecule has 0 unspecified atom stereocenters. The van der Waals surface area contributed by atoms with Crippen LogP contribution in [0.25, 0.3) is 0 Å². The number of para-hydroxylation sites is 5. The third-order valence-corrected chi connectivity index (χ3v) is 10.0. The summed E-state index contributed by atoms with van der Waals surface area (Å²) in [5.41, 5.74) is 9.76. The quantitative estimate of drug-likeness (QED) is 0.0840. The average molecular weight is 751 g/mol. The molecule has 0 heterocycles. The Balaban J connectivity index is 0.000000237. The zero-order valence-electron chi connectivity index (χ0n) is 25.8. The monoisotopic (exact) mass is 749 g/mol. The minimum absolute atomic E-state index is 0.0331. The number of carbonyl (C=O) groups is 1. The van der Waals surface area contributed by atoms with E-state index in [1.54, 1.807) is 60.7 Å². The number of nitrogens with one attached hydrogen (secondary N) is 4. The number of nitrogen functional groups attached to an aromatic ring is 1. The van der Waals surface area contributed by atoms with Crippen LogP contribution in [-0.4, -0.2) is 34.4 Å². The van der Waals surface area contributed by atoms with E-state index < -0.39 is 26.1 Å². The lowest BCUT2D eigenvalue weighted by molar-refractivity contribution is 0.262. The molecule has 5 rings (SSSR count). The number of anilines is 5. The number of aryl methyl sites for hydroxylation is 2. The van der Waals surface area contributed by atoms with E-state index in [0.717, 1.165) is 15.6 Å². The summed E-state index contributed by atoms with van der Waals surface area (Å²) in [7, 11) is -6.97. The van der Waals surface area contributed by atoms with E-state index in [4.69, 9.17) is 5.73 Å². The minimum atomic E-state index is -3.59. The Labute approximate surface area is 290 Å². The molecular weight excluding hydrogens is 714 g/mol. The predicted octanol–water partition coefficient (Wildman–Crippen LogP) is 7.33. The van der Waals surface area contributed by atoms with E-state index in [-0.39, 0.29) is 11.5 Å². The summed E-state index contributed by atoms with van der Waals surface area (Å²) in [5.74, 6) is -0.0279. The van der Waals surface area contributed by atoms with Crippen molar-refractivity contribution in [3.8, 4) is 0 Å². The fourth-order valence-electron chi connectivity index (χ4n) is 4.34. The molecule has 250 valence electrons. The first-order chi connectivity index (χ1) is 23.0. The van der Waals surface area contributed by atoms with Crippen LogP contribution in [0.4, 0.5) is 33.2 Å². The number of hydrogen-bond donors (Lipinski definition) is 5. The van der Waals surface area contributed by atoms with Gasteiger partial charge >= 0.3 is 6.03 Å². The van der Waals surface area contributed by atoms with Crippen LogP contribution < -0.4 is 25.8 Å².